The first kappa shape index (κ1) is 28.9. The fraction of sp³-hybridized carbons (Fsp3) is 0.419. The number of carbonyl (C=O) groups excluding carboxylic acids is 1. The third kappa shape index (κ3) is 6.64. The van der Waals surface area contributed by atoms with Crippen LogP contribution in [0.5, 0.6) is 5.75 Å². The van der Waals surface area contributed by atoms with Gasteiger partial charge in [0.05, 0.1) is 18.2 Å². The molecule has 2 fully saturated rings. The molecule has 42 heavy (non-hydrogen) atoms. The van der Waals surface area contributed by atoms with Gasteiger partial charge in [-0.15, -0.1) is 0 Å². The number of amides is 1. The number of rotatable bonds is 7. The van der Waals surface area contributed by atoms with Crippen LogP contribution in [0.1, 0.15) is 48.3 Å². The summed E-state index contributed by atoms with van der Waals surface area (Å²) in [6.07, 6.45) is 1.46. The van der Waals surface area contributed by atoms with Crippen molar-refractivity contribution >= 4 is 17.5 Å². The van der Waals surface area contributed by atoms with Crippen molar-refractivity contribution < 1.29 is 13.9 Å². The van der Waals surface area contributed by atoms with Crippen molar-refractivity contribution in [2.45, 2.75) is 50.8 Å². The predicted molar refractivity (Wildman–Crippen MR) is 155 cm³/mol. The summed E-state index contributed by atoms with van der Waals surface area (Å²) in [5.74, 6) is 1.18. The number of nitriles is 2. The molecule has 0 bridgehead atoms. The largest absolute Gasteiger partial charge is 0.486 e. The number of hydrogen-bond acceptors (Lipinski definition) is 9. The van der Waals surface area contributed by atoms with E-state index in [-0.39, 0.29) is 37.2 Å². The molecule has 0 spiro atoms. The number of carbonyl (C=O) groups is 1. The van der Waals surface area contributed by atoms with Crippen LogP contribution in [0, 0.1) is 29.6 Å². The van der Waals surface area contributed by atoms with E-state index in [9.17, 15) is 14.4 Å². The monoisotopic (exact) mass is 568 g/mol. The molecule has 2 atom stereocenters. The molecule has 2 saturated heterocycles. The molecular formula is C31H33FN8O2. The lowest BCUT2D eigenvalue weighted by molar-refractivity contribution is -0.134. The molecule has 10 nitrogen and oxygen atoms in total. The van der Waals surface area contributed by atoms with Gasteiger partial charge in [0.25, 0.3) is 0 Å². The van der Waals surface area contributed by atoms with E-state index in [1.54, 1.807) is 24.3 Å². The van der Waals surface area contributed by atoms with Crippen LogP contribution in [0.25, 0.3) is 11.4 Å². The average molecular weight is 569 g/mol. The maximum atomic E-state index is 14.8. The van der Waals surface area contributed by atoms with E-state index in [0.717, 1.165) is 31.6 Å². The number of likely N-dealkylation sites (tertiary alicyclic amines) is 2. The second-order valence-electron chi connectivity index (χ2n) is 10.9. The molecule has 11 heteroatoms. The molecule has 0 aliphatic carbocycles. The molecule has 1 N–H and O–H groups in total. The van der Waals surface area contributed by atoms with Crippen molar-refractivity contribution in [3.05, 3.63) is 59.4 Å². The SMILES string of the molecule is Cc1cc(Nc2ncnc(-c3ccc(OC4CCN(C(=O)CC#N)CC4F)c(C#N)c3)n2)ccc1C1CCN(C)CC1. The molecule has 2 unspecified atom stereocenters. The number of alkyl halides is 1. The van der Waals surface area contributed by atoms with Crippen molar-refractivity contribution in [1.82, 2.24) is 24.8 Å². The van der Waals surface area contributed by atoms with Crippen LogP contribution in [-0.4, -0.2) is 76.2 Å². The second-order valence-corrected chi connectivity index (χ2v) is 10.9. The summed E-state index contributed by atoms with van der Waals surface area (Å²) in [7, 11) is 2.17. The topological polar surface area (TPSA) is 131 Å². The summed E-state index contributed by atoms with van der Waals surface area (Å²) in [6, 6.07) is 15.2. The van der Waals surface area contributed by atoms with Gasteiger partial charge in [0, 0.05) is 24.2 Å². The highest BCUT2D eigenvalue weighted by Crippen LogP contribution is 2.32. The van der Waals surface area contributed by atoms with E-state index >= 15 is 0 Å². The number of aromatic nitrogens is 3. The zero-order valence-electron chi connectivity index (χ0n) is 23.8. The number of nitrogens with one attached hydrogen (secondary N) is 1. The summed E-state index contributed by atoms with van der Waals surface area (Å²) < 4.78 is 20.7. The van der Waals surface area contributed by atoms with Crippen LogP contribution in [0.3, 0.4) is 0 Å². The van der Waals surface area contributed by atoms with Gasteiger partial charge < -0.3 is 19.9 Å². The molecule has 3 heterocycles. The highest BCUT2D eigenvalue weighted by atomic mass is 19.1. The minimum Gasteiger partial charge on any atom is -0.486 e. The maximum absolute atomic E-state index is 14.8. The summed E-state index contributed by atoms with van der Waals surface area (Å²) >= 11 is 0. The first-order valence-corrected chi connectivity index (χ1v) is 14.1. The fourth-order valence-corrected chi connectivity index (χ4v) is 5.60. The molecule has 0 saturated carbocycles. The van der Waals surface area contributed by atoms with Gasteiger partial charge in [-0.25, -0.2) is 14.4 Å². The zero-order valence-corrected chi connectivity index (χ0v) is 23.8. The van der Waals surface area contributed by atoms with Crippen molar-refractivity contribution in [3.63, 3.8) is 0 Å². The number of piperidine rings is 2. The van der Waals surface area contributed by atoms with Gasteiger partial charge in [0.2, 0.25) is 11.9 Å². The molecule has 5 rings (SSSR count). The minimum atomic E-state index is -1.44. The van der Waals surface area contributed by atoms with Gasteiger partial charge in [-0.1, -0.05) is 6.07 Å². The number of aryl methyl sites for hydroxylation is 1. The van der Waals surface area contributed by atoms with Crippen LogP contribution in [0.2, 0.25) is 0 Å². The molecule has 2 aliphatic heterocycles. The van der Waals surface area contributed by atoms with Gasteiger partial charge in [0.1, 0.15) is 30.7 Å². The Labute approximate surface area is 244 Å². The second kappa shape index (κ2) is 12.9. The predicted octanol–water partition coefficient (Wildman–Crippen LogP) is 4.50. The van der Waals surface area contributed by atoms with Crippen molar-refractivity contribution in [3.8, 4) is 29.3 Å². The van der Waals surface area contributed by atoms with E-state index in [1.165, 1.54) is 22.4 Å². The lowest BCUT2D eigenvalue weighted by Crippen LogP contribution is -2.49. The Morgan fingerprint density at radius 1 is 1.12 bits per heavy atom. The Morgan fingerprint density at radius 2 is 1.93 bits per heavy atom. The van der Waals surface area contributed by atoms with Crippen LogP contribution in [-0.2, 0) is 4.79 Å². The first-order valence-electron chi connectivity index (χ1n) is 14.1. The van der Waals surface area contributed by atoms with Crippen LogP contribution < -0.4 is 10.1 Å². The lowest BCUT2D eigenvalue weighted by Gasteiger charge is -2.34. The molecule has 216 valence electrons. The van der Waals surface area contributed by atoms with Gasteiger partial charge >= 0.3 is 0 Å². The molecule has 0 radical (unpaired) electrons. The third-order valence-electron chi connectivity index (χ3n) is 7.96. The Kier molecular flexibility index (Phi) is 8.89. The van der Waals surface area contributed by atoms with Gasteiger partial charge in [-0.3, -0.25) is 4.79 Å². The summed E-state index contributed by atoms with van der Waals surface area (Å²) in [5.41, 5.74) is 4.30. The van der Waals surface area contributed by atoms with E-state index < -0.39 is 18.2 Å². The zero-order chi connectivity index (χ0) is 29.6. The van der Waals surface area contributed by atoms with Gasteiger partial charge in [0.15, 0.2) is 12.0 Å². The lowest BCUT2D eigenvalue weighted by atomic mass is 9.87. The minimum absolute atomic E-state index is 0.147. The summed E-state index contributed by atoms with van der Waals surface area (Å²) in [4.78, 5) is 28.7. The smallest absolute Gasteiger partial charge is 0.236 e. The number of hydrogen-bond donors (Lipinski definition) is 1. The van der Waals surface area contributed by atoms with E-state index in [0.29, 0.717) is 23.3 Å². The third-order valence-corrected chi connectivity index (χ3v) is 7.96. The fourth-order valence-electron chi connectivity index (χ4n) is 5.60. The number of nitrogens with zero attached hydrogens (tertiary/aromatic N) is 7. The van der Waals surface area contributed by atoms with E-state index in [4.69, 9.17) is 10.00 Å². The highest BCUT2D eigenvalue weighted by Gasteiger charge is 2.33. The summed E-state index contributed by atoms with van der Waals surface area (Å²) in [5, 5.41) is 21.8. The molecular weight excluding hydrogens is 535 g/mol. The Bertz CT molecular complexity index is 1530. The molecule has 1 aromatic heterocycles. The summed E-state index contributed by atoms with van der Waals surface area (Å²) in [6.45, 7) is 4.49. The Hall–Kier alpha value is -4.61. The van der Waals surface area contributed by atoms with Crippen LogP contribution in [0.4, 0.5) is 16.0 Å². The molecule has 2 aliphatic rings. The molecule has 2 aromatic carbocycles. The normalized spacial score (nSPS) is 19.5. The van der Waals surface area contributed by atoms with E-state index in [1.807, 2.05) is 6.07 Å². The number of halogens is 1. The van der Waals surface area contributed by atoms with Crippen LogP contribution >= 0.6 is 0 Å². The Balaban J connectivity index is 1.26. The number of ether oxygens (including phenoxy) is 1. The van der Waals surface area contributed by atoms with Crippen LogP contribution in [0.15, 0.2) is 42.7 Å². The molecule has 1 amide bonds. The highest BCUT2D eigenvalue weighted by molar-refractivity contribution is 5.78. The standard InChI is InChI=1S/C31H33FN8O2/c1-20-15-24(4-5-25(20)21-8-12-39(2)13-9-21)37-31-36-19-35-30(38-31)22-3-6-27(23(16-22)17-34)42-28-10-14-40(18-26(28)32)29(41)7-11-33/h3-6,15-16,19,21,26,28H,7-10,12-14,18H2,1-2H3,(H,35,36,37,38). The van der Waals surface area contributed by atoms with Gasteiger partial charge in [-0.2, -0.15) is 15.5 Å². The quantitative estimate of drug-likeness (QED) is 0.438. The average Bonchev–Trinajstić information content (AvgIpc) is 2.99. The number of benzene rings is 2. The van der Waals surface area contributed by atoms with Crippen molar-refractivity contribution in [1.29, 1.82) is 10.5 Å². The maximum Gasteiger partial charge on any atom is 0.236 e. The molecule has 3 aromatic rings. The van der Waals surface area contributed by atoms with Crippen molar-refractivity contribution in [2.75, 3.05) is 38.5 Å². The van der Waals surface area contributed by atoms with Crippen molar-refractivity contribution in [2.24, 2.45) is 0 Å². The van der Waals surface area contributed by atoms with E-state index in [2.05, 4.69) is 57.3 Å². The first-order chi connectivity index (χ1) is 20.3. The number of anilines is 2. The van der Waals surface area contributed by atoms with Gasteiger partial charge in [-0.05, 0) is 87.3 Å². The Morgan fingerprint density at radius 3 is 2.64 bits per heavy atom.